The number of carbonyl (C=O) groups is 4. The second-order valence-corrected chi connectivity index (χ2v) is 6.66. The number of ether oxygens (including phenoxy) is 4. The van der Waals surface area contributed by atoms with Crippen molar-refractivity contribution in [2.24, 2.45) is 5.92 Å². The van der Waals surface area contributed by atoms with Crippen molar-refractivity contribution < 1.29 is 38.1 Å². The van der Waals surface area contributed by atoms with E-state index in [9.17, 15) is 19.2 Å². The Balaban J connectivity index is 3.78. The van der Waals surface area contributed by atoms with E-state index in [-0.39, 0.29) is 19.1 Å². The number of nitrogens with one attached hydrogen (secondary N) is 2. The number of carbonyl (C=O) groups excluding carboxylic acids is 4. The van der Waals surface area contributed by atoms with Gasteiger partial charge in [-0.2, -0.15) is 0 Å². The highest BCUT2D eigenvalue weighted by molar-refractivity contribution is 5.81. The van der Waals surface area contributed by atoms with Gasteiger partial charge in [0.15, 0.2) is 0 Å². The van der Waals surface area contributed by atoms with Crippen molar-refractivity contribution >= 4 is 24.1 Å². The molecule has 0 rings (SSSR count). The topological polar surface area (TPSA) is 129 Å². The van der Waals surface area contributed by atoms with Crippen LogP contribution < -0.4 is 10.6 Å². The van der Waals surface area contributed by atoms with E-state index in [4.69, 9.17) is 18.9 Å². The van der Waals surface area contributed by atoms with Gasteiger partial charge in [0.2, 0.25) is 0 Å². The van der Waals surface area contributed by atoms with Crippen molar-refractivity contribution in [2.45, 2.75) is 45.8 Å². The third-order valence-electron chi connectivity index (χ3n) is 3.60. The molecule has 0 aromatic rings. The molecule has 170 valence electrons. The molecule has 30 heavy (non-hydrogen) atoms. The van der Waals surface area contributed by atoms with Gasteiger partial charge in [0.1, 0.15) is 25.4 Å². The summed E-state index contributed by atoms with van der Waals surface area (Å²) in [6, 6.07) is 0. The Hall–Kier alpha value is -3.04. The molecular weight excluding hydrogens is 396 g/mol. The molecule has 0 fully saturated rings. The fourth-order valence-electron chi connectivity index (χ4n) is 2.05. The van der Waals surface area contributed by atoms with Crippen LogP contribution >= 0.6 is 0 Å². The van der Waals surface area contributed by atoms with Gasteiger partial charge >= 0.3 is 24.1 Å². The molecular formula is C20H32N2O8. The Morgan fingerprint density at radius 3 is 1.77 bits per heavy atom. The van der Waals surface area contributed by atoms with Crippen LogP contribution in [0, 0.1) is 5.92 Å². The minimum Gasteiger partial charge on any atom is -0.456 e. The molecule has 0 aromatic carbocycles. The molecule has 3 atom stereocenters. The van der Waals surface area contributed by atoms with Crippen LogP contribution in [0.3, 0.4) is 0 Å². The monoisotopic (exact) mass is 428 g/mol. The van der Waals surface area contributed by atoms with Crippen molar-refractivity contribution in [3.05, 3.63) is 25.3 Å². The number of hydrogen-bond acceptors (Lipinski definition) is 8. The fraction of sp³-hybridized carbons (Fsp3) is 0.600. The summed E-state index contributed by atoms with van der Waals surface area (Å²) in [6.45, 7) is 12.4. The molecule has 2 N–H and O–H groups in total. The molecule has 0 aliphatic rings. The Labute approximate surface area is 176 Å². The zero-order chi connectivity index (χ0) is 22.9. The van der Waals surface area contributed by atoms with Gasteiger partial charge in [0.25, 0.3) is 0 Å². The van der Waals surface area contributed by atoms with Crippen LogP contribution in [0.1, 0.15) is 33.6 Å². The first-order valence-corrected chi connectivity index (χ1v) is 9.65. The number of hydrogen-bond donors (Lipinski definition) is 2. The third kappa shape index (κ3) is 14.9. The standard InChI is InChI=1S/C20H32N2O8/c1-6-17(23)29-15(4)12-27-19(25)21-10-8-9-14(3)11-22-20(26)28-13-16(5)30-18(24)7-2/h6-7,14-16H,1-2,8-13H2,3-5H3,(H,21,25)(H,22,26). The molecule has 0 heterocycles. The quantitative estimate of drug-likeness (QED) is 0.186. The van der Waals surface area contributed by atoms with Crippen molar-refractivity contribution in [1.29, 1.82) is 0 Å². The summed E-state index contributed by atoms with van der Waals surface area (Å²) in [6.07, 6.45) is 1.17. The van der Waals surface area contributed by atoms with Crippen LogP contribution in [0.4, 0.5) is 9.59 Å². The molecule has 3 unspecified atom stereocenters. The first kappa shape index (κ1) is 27.0. The summed E-state index contributed by atoms with van der Waals surface area (Å²) >= 11 is 0. The summed E-state index contributed by atoms with van der Waals surface area (Å²) < 4.78 is 19.7. The van der Waals surface area contributed by atoms with Crippen LogP contribution in [0.25, 0.3) is 0 Å². The number of esters is 2. The van der Waals surface area contributed by atoms with Crippen LogP contribution in [-0.4, -0.2) is 62.6 Å². The summed E-state index contributed by atoms with van der Waals surface area (Å²) in [4.78, 5) is 45.2. The van der Waals surface area contributed by atoms with Gasteiger partial charge in [0.05, 0.1) is 0 Å². The van der Waals surface area contributed by atoms with E-state index < -0.39 is 36.3 Å². The van der Waals surface area contributed by atoms with Gasteiger partial charge in [-0.25, -0.2) is 19.2 Å². The van der Waals surface area contributed by atoms with Gasteiger partial charge in [-0.15, -0.1) is 0 Å². The van der Waals surface area contributed by atoms with Gasteiger partial charge in [-0.05, 0) is 32.6 Å². The lowest BCUT2D eigenvalue weighted by Gasteiger charge is -2.15. The van der Waals surface area contributed by atoms with E-state index in [1.54, 1.807) is 13.8 Å². The van der Waals surface area contributed by atoms with E-state index in [1.165, 1.54) is 0 Å². The normalized spacial score (nSPS) is 13.0. The second-order valence-electron chi connectivity index (χ2n) is 6.66. The smallest absolute Gasteiger partial charge is 0.407 e. The van der Waals surface area contributed by atoms with Crippen LogP contribution in [0.15, 0.2) is 25.3 Å². The number of alkyl carbamates (subject to hydrolysis) is 2. The minimum atomic E-state index is -0.601. The number of amides is 2. The second kappa shape index (κ2) is 15.8. The summed E-state index contributed by atoms with van der Waals surface area (Å²) in [7, 11) is 0. The van der Waals surface area contributed by atoms with Gasteiger partial charge < -0.3 is 29.6 Å². The van der Waals surface area contributed by atoms with E-state index in [0.717, 1.165) is 18.6 Å². The van der Waals surface area contributed by atoms with E-state index >= 15 is 0 Å². The molecule has 0 radical (unpaired) electrons. The fourth-order valence-corrected chi connectivity index (χ4v) is 2.05. The molecule has 2 amide bonds. The lowest BCUT2D eigenvalue weighted by atomic mass is 10.1. The molecule has 0 saturated heterocycles. The maximum Gasteiger partial charge on any atom is 0.407 e. The van der Waals surface area contributed by atoms with Gasteiger partial charge in [-0.3, -0.25) is 0 Å². The number of rotatable bonds is 14. The van der Waals surface area contributed by atoms with Crippen LogP contribution in [-0.2, 0) is 28.5 Å². The van der Waals surface area contributed by atoms with E-state index in [0.29, 0.717) is 19.5 Å². The highest BCUT2D eigenvalue weighted by Crippen LogP contribution is 2.04. The predicted octanol–water partition coefficient (Wildman–Crippen LogP) is 2.09. The van der Waals surface area contributed by atoms with Gasteiger partial charge in [0, 0.05) is 25.2 Å². The average Bonchev–Trinajstić information content (AvgIpc) is 2.71. The van der Waals surface area contributed by atoms with Crippen molar-refractivity contribution in [1.82, 2.24) is 10.6 Å². The Kier molecular flexibility index (Phi) is 14.2. The molecule has 0 bridgehead atoms. The molecule has 0 aromatic heterocycles. The lowest BCUT2D eigenvalue weighted by Crippen LogP contribution is -2.32. The Bertz CT molecular complexity index is 593. The molecule has 10 heteroatoms. The predicted molar refractivity (Wildman–Crippen MR) is 109 cm³/mol. The third-order valence-corrected chi connectivity index (χ3v) is 3.60. The van der Waals surface area contributed by atoms with Crippen LogP contribution in [0.5, 0.6) is 0 Å². The van der Waals surface area contributed by atoms with E-state index in [1.807, 2.05) is 6.92 Å². The molecule has 0 saturated carbocycles. The minimum absolute atomic E-state index is 0.0563. The summed E-state index contributed by atoms with van der Waals surface area (Å²) in [5, 5.41) is 5.22. The first-order chi connectivity index (χ1) is 14.2. The zero-order valence-electron chi connectivity index (χ0n) is 17.8. The molecule has 10 nitrogen and oxygen atoms in total. The zero-order valence-corrected chi connectivity index (χ0v) is 17.8. The maximum absolute atomic E-state index is 11.6. The van der Waals surface area contributed by atoms with Crippen molar-refractivity contribution in [3.63, 3.8) is 0 Å². The first-order valence-electron chi connectivity index (χ1n) is 9.65. The summed E-state index contributed by atoms with van der Waals surface area (Å²) in [5.41, 5.74) is 0. The summed E-state index contributed by atoms with van der Waals surface area (Å²) in [5.74, 6) is -1.00. The SMILES string of the molecule is C=CC(=O)OC(C)COC(=O)NCCCC(C)CNC(=O)OCC(C)OC(=O)C=C. The Morgan fingerprint density at radius 2 is 1.30 bits per heavy atom. The van der Waals surface area contributed by atoms with E-state index in [2.05, 4.69) is 23.8 Å². The molecule has 0 spiro atoms. The largest absolute Gasteiger partial charge is 0.456 e. The molecule has 0 aliphatic heterocycles. The highest BCUT2D eigenvalue weighted by atomic mass is 16.6. The highest BCUT2D eigenvalue weighted by Gasteiger charge is 2.12. The van der Waals surface area contributed by atoms with Crippen molar-refractivity contribution in [3.8, 4) is 0 Å². The average molecular weight is 428 g/mol. The van der Waals surface area contributed by atoms with Crippen molar-refractivity contribution in [2.75, 3.05) is 26.3 Å². The lowest BCUT2D eigenvalue weighted by molar-refractivity contribution is -0.144. The van der Waals surface area contributed by atoms with Gasteiger partial charge in [-0.1, -0.05) is 20.1 Å². The molecule has 0 aliphatic carbocycles. The Morgan fingerprint density at radius 1 is 0.833 bits per heavy atom. The van der Waals surface area contributed by atoms with Crippen LogP contribution in [0.2, 0.25) is 0 Å². The maximum atomic E-state index is 11.6.